The Morgan fingerprint density at radius 1 is 1.22 bits per heavy atom. The Labute approximate surface area is 176 Å². The Morgan fingerprint density at radius 2 is 1.93 bits per heavy atom. The number of aryl methyl sites for hydroxylation is 1. The molecule has 0 aromatic heterocycles. The number of aliphatic imine (C=N–C) groups is 1. The quantitative estimate of drug-likeness (QED) is 0.387. The summed E-state index contributed by atoms with van der Waals surface area (Å²) in [6.07, 6.45) is 0. The van der Waals surface area contributed by atoms with Crippen molar-refractivity contribution in [1.82, 2.24) is 4.90 Å². The number of rotatable bonds is 5. The smallest absolute Gasteiger partial charge is 0.193 e. The Hall–Kier alpha value is -1.71. The van der Waals surface area contributed by atoms with Crippen molar-refractivity contribution in [3.8, 4) is 0 Å². The average molecular weight is 484 g/mol. The molecule has 1 saturated heterocycles. The number of nitrogens with one attached hydrogen (secondary N) is 1. The summed E-state index contributed by atoms with van der Waals surface area (Å²) >= 11 is 0. The van der Waals surface area contributed by atoms with Crippen LogP contribution in [-0.4, -0.2) is 43.7 Å². The van der Waals surface area contributed by atoms with Gasteiger partial charge < -0.3 is 15.8 Å². The minimum absolute atomic E-state index is 0. The van der Waals surface area contributed by atoms with Gasteiger partial charge in [0.15, 0.2) is 5.96 Å². The van der Waals surface area contributed by atoms with Gasteiger partial charge in [0.25, 0.3) is 0 Å². The van der Waals surface area contributed by atoms with Gasteiger partial charge in [0, 0.05) is 18.8 Å². The molecular weight excluding hydrogens is 458 g/mol. The highest BCUT2D eigenvalue weighted by Crippen LogP contribution is 2.23. The third kappa shape index (κ3) is 6.44. The molecule has 0 radical (unpaired) electrons. The van der Waals surface area contributed by atoms with Crippen LogP contribution in [0.15, 0.2) is 53.5 Å². The lowest BCUT2D eigenvalue weighted by atomic mass is 10.0. The van der Waals surface area contributed by atoms with E-state index in [4.69, 9.17) is 10.5 Å². The number of nitrogens with two attached hydrogens (primary N) is 1. The summed E-state index contributed by atoms with van der Waals surface area (Å²) in [5.41, 5.74) is 9.03. The first kappa shape index (κ1) is 21.6. The van der Waals surface area contributed by atoms with Gasteiger partial charge in [-0.15, -0.1) is 24.0 Å². The minimum Gasteiger partial charge on any atom is -0.379 e. The molecule has 27 heavy (non-hydrogen) atoms. The van der Waals surface area contributed by atoms with Crippen LogP contribution in [0.3, 0.4) is 0 Å². The standard InChI is InChI=1S/C20H25FN4O.HI/c1-15-5-7-18(8-6-15)24-20(22)23-14-19(25-9-11-26-12-10-25)16-3-2-4-17(21)13-16;/h2-8,13,19H,9-12,14H2,1H3,(H3,22,23,24);1H. The highest BCUT2D eigenvalue weighted by atomic mass is 127. The van der Waals surface area contributed by atoms with Crippen molar-refractivity contribution in [3.63, 3.8) is 0 Å². The van der Waals surface area contributed by atoms with Crippen molar-refractivity contribution in [3.05, 3.63) is 65.5 Å². The van der Waals surface area contributed by atoms with E-state index in [1.165, 1.54) is 11.6 Å². The third-order valence-electron chi connectivity index (χ3n) is 4.48. The molecule has 0 aliphatic carbocycles. The molecule has 1 aliphatic heterocycles. The Balaban J connectivity index is 0.00000261. The maximum absolute atomic E-state index is 13.7. The average Bonchev–Trinajstić information content (AvgIpc) is 2.65. The van der Waals surface area contributed by atoms with Gasteiger partial charge >= 0.3 is 0 Å². The van der Waals surface area contributed by atoms with Crippen molar-refractivity contribution in [1.29, 1.82) is 0 Å². The highest BCUT2D eigenvalue weighted by molar-refractivity contribution is 14.0. The van der Waals surface area contributed by atoms with Crippen LogP contribution < -0.4 is 11.1 Å². The van der Waals surface area contributed by atoms with E-state index in [1.807, 2.05) is 37.3 Å². The van der Waals surface area contributed by atoms with Crippen molar-refractivity contribution in [2.75, 3.05) is 38.2 Å². The van der Waals surface area contributed by atoms with Crippen LogP contribution in [-0.2, 0) is 4.74 Å². The largest absolute Gasteiger partial charge is 0.379 e. The first-order valence-corrected chi connectivity index (χ1v) is 8.83. The molecule has 1 unspecified atom stereocenters. The summed E-state index contributed by atoms with van der Waals surface area (Å²) in [7, 11) is 0. The van der Waals surface area contributed by atoms with E-state index in [0.29, 0.717) is 25.7 Å². The minimum atomic E-state index is -0.240. The molecule has 0 bridgehead atoms. The SMILES string of the molecule is Cc1ccc(NC(N)=NCC(c2cccc(F)c2)N2CCOCC2)cc1.I. The van der Waals surface area contributed by atoms with Crippen LogP contribution in [0.25, 0.3) is 0 Å². The van der Waals surface area contributed by atoms with E-state index in [-0.39, 0.29) is 35.8 Å². The number of hydrogen-bond acceptors (Lipinski definition) is 3. The molecule has 0 spiro atoms. The molecule has 5 nitrogen and oxygen atoms in total. The Bertz CT molecular complexity index is 748. The molecule has 146 valence electrons. The number of guanidine groups is 1. The predicted octanol–water partition coefficient (Wildman–Crippen LogP) is 3.55. The topological polar surface area (TPSA) is 62.9 Å². The summed E-state index contributed by atoms with van der Waals surface area (Å²) in [4.78, 5) is 6.77. The maximum Gasteiger partial charge on any atom is 0.193 e. The summed E-state index contributed by atoms with van der Waals surface area (Å²) in [6, 6.07) is 14.6. The second-order valence-electron chi connectivity index (χ2n) is 6.44. The van der Waals surface area contributed by atoms with Crippen LogP contribution in [0.1, 0.15) is 17.2 Å². The number of morpholine rings is 1. The normalized spacial score (nSPS) is 16.4. The van der Waals surface area contributed by atoms with E-state index in [2.05, 4.69) is 15.2 Å². The molecule has 2 aromatic carbocycles. The molecule has 0 amide bonds. The zero-order chi connectivity index (χ0) is 18.4. The van der Waals surface area contributed by atoms with E-state index in [0.717, 1.165) is 24.3 Å². The van der Waals surface area contributed by atoms with Crippen LogP contribution in [0, 0.1) is 12.7 Å². The van der Waals surface area contributed by atoms with Gasteiger partial charge in [-0.05, 0) is 36.8 Å². The number of nitrogens with zero attached hydrogens (tertiary/aromatic N) is 2. The van der Waals surface area contributed by atoms with Gasteiger partial charge in [0.2, 0.25) is 0 Å². The third-order valence-corrected chi connectivity index (χ3v) is 4.48. The fraction of sp³-hybridized carbons (Fsp3) is 0.350. The molecule has 1 heterocycles. The van der Waals surface area contributed by atoms with Gasteiger partial charge in [-0.3, -0.25) is 9.89 Å². The number of halogens is 2. The van der Waals surface area contributed by atoms with Gasteiger partial charge in [-0.25, -0.2) is 4.39 Å². The second-order valence-corrected chi connectivity index (χ2v) is 6.44. The number of benzene rings is 2. The highest BCUT2D eigenvalue weighted by Gasteiger charge is 2.22. The lowest BCUT2D eigenvalue weighted by Gasteiger charge is -2.34. The summed E-state index contributed by atoms with van der Waals surface area (Å²) in [5.74, 6) is 0.110. The maximum atomic E-state index is 13.7. The van der Waals surface area contributed by atoms with Crippen LogP contribution in [0.2, 0.25) is 0 Å². The second kappa shape index (κ2) is 10.6. The van der Waals surface area contributed by atoms with E-state index < -0.39 is 0 Å². The number of anilines is 1. The Kier molecular flexibility index (Phi) is 8.46. The molecule has 1 fully saturated rings. The van der Waals surface area contributed by atoms with E-state index in [1.54, 1.807) is 12.1 Å². The fourth-order valence-electron chi connectivity index (χ4n) is 3.04. The number of ether oxygens (including phenoxy) is 1. The predicted molar refractivity (Wildman–Crippen MR) is 118 cm³/mol. The van der Waals surface area contributed by atoms with Crippen molar-refractivity contribution in [2.24, 2.45) is 10.7 Å². The van der Waals surface area contributed by atoms with Gasteiger partial charge in [0.05, 0.1) is 25.8 Å². The summed E-state index contributed by atoms with van der Waals surface area (Å²) < 4.78 is 19.1. The molecule has 1 aliphatic rings. The van der Waals surface area contributed by atoms with Gasteiger partial charge in [-0.2, -0.15) is 0 Å². The van der Waals surface area contributed by atoms with Crippen LogP contribution in [0.5, 0.6) is 0 Å². The number of hydrogen-bond donors (Lipinski definition) is 2. The van der Waals surface area contributed by atoms with E-state index in [9.17, 15) is 4.39 Å². The lowest BCUT2D eigenvalue weighted by molar-refractivity contribution is 0.0179. The molecule has 0 saturated carbocycles. The molecule has 3 rings (SSSR count). The van der Waals surface area contributed by atoms with Crippen LogP contribution in [0.4, 0.5) is 10.1 Å². The molecular formula is C20H26FIN4O. The molecule has 7 heteroatoms. The van der Waals surface area contributed by atoms with Gasteiger partial charge in [-0.1, -0.05) is 29.8 Å². The monoisotopic (exact) mass is 484 g/mol. The van der Waals surface area contributed by atoms with Crippen LogP contribution >= 0.6 is 24.0 Å². The first-order chi connectivity index (χ1) is 12.6. The van der Waals surface area contributed by atoms with E-state index >= 15 is 0 Å². The molecule has 1 atom stereocenters. The Morgan fingerprint density at radius 3 is 2.59 bits per heavy atom. The van der Waals surface area contributed by atoms with Crippen molar-refractivity contribution < 1.29 is 9.13 Å². The fourth-order valence-corrected chi connectivity index (χ4v) is 3.04. The summed E-state index contributed by atoms with van der Waals surface area (Å²) in [6.45, 7) is 5.42. The zero-order valence-electron chi connectivity index (χ0n) is 15.4. The van der Waals surface area contributed by atoms with Crippen molar-refractivity contribution in [2.45, 2.75) is 13.0 Å². The van der Waals surface area contributed by atoms with Gasteiger partial charge in [0.1, 0.15) is 5.82 Å². The zero-order valence-corrected chi connectivity index (χ0v) is 17.7. The molecule has 2 aromatic rings. The first-order valence-electron chi connectivity index (χ1n) is 8.83. The lowest BCUT2D eigenvalue weighted by Crippen LogP contribution is -2.40. The molecule has 3 N–H and O–H groups in total. The summed E-state index contributed by atoms with van der Waals surface area (Å²) in [5, 5.41) is 3.10. The van der Waals surface area contributed by atoms with Crippen molar-refractivity contribution >= 4 is 35.6 Å².